The number of hydrogen-bond donors (Lipinski definition) is 0. The maximum atomic E-state index is 12.6. The Bertz CT molecular complexity index is 1360. The molecule has 3 aromatic rings. The number of benzene rings is 3. The van der Waals surface area contributed by atoms with E-state index >= 15 is 0 Å². The molecule has 0 N–H and O–H groups in total. The summed E-state index contributed by atoms with van der Waals surface area (Å²) in [5.74, 6) is -0.00495. The number of carbonyl (C=O) groups is 3. The Morgan fingerprint density at radius 1 is 0.622 bits per heavy atom. The molecule has 0 aliphatic rings. The predicted molar refractivity (Wildman–Crippen MR) is 170 cm³/mol. The zero-order valence-electron chi connectivity index (χ0n) is 27.0. The second kappa shape index (κ2) is 17.3. The van der Waals surface area contributed by atoms with Gasteiger partial charge in [-0.1, -0.05) is 58.9 Å². The minimum atomic E-state index is -0.483. The zero-order chi connectivity index (χ0) is 32.8. The maximum Gasteiger partial charge on any atom is 0.343 e. The molecule has 0 heterocycles. The van der Waals surface area contributed by atoms with Crippen molar-refractivity contribution in [1.82, 2.24) is 0 Å². The van der Waals surface area contributed by atoms with E-state index in [1.807, 2.05) is 58.9 Å². The van der Waals surface area contributed by atoms with E-state index in [0.29, 0.717) is 55.7 Å². The summed E-state index contributed by atoms with van der Waals surface area (Å²) in [5.41, 5.74) is 2.54. The number of rotatable bonds is 16. The van der Waals surface area contributed by atoms with E-state index < -0.39 is 5.97 Å². The van der Waals surface area contributed by atoms with Crippen LogP contribution in [0.1, 0.15) is 55.3 Å². The van der Waals surface area contributed by atoms with Crippen molar-refractivity contribution in [3.8, 4) is 22.6 Å². The maximum absolute atomic E-state index is 12.6. The fourth-order valence-electron chi connectivity index (χ4n) is 4.94. The van der Waals surface area contributed by atoms with Gasteiger partial charge in [-0.3, -0.25) is 4.79 Å². The fourth-order valence-corrected chi connectivity index (χ4v) is 4.94. The highest BCUT2D eigenvalue weighted by atomic mass is 16.6. The second-order valence-electron chi connectivity index (χ2n) is 11.8. The summed E-state index contributed by atoms with van der Waals surface area (Å²) in [6.45, 7) is 12.2. The van der Waals surface area contributed by atoms with E-state index in [4.69, 9.17) is 28.4 Å². The highest BCUT2D eigenvalue weighted by molar-refractivity contribution is 5.91. The number of methoxy groups -OCH3 is 1. The average Bonchev–Trinajstić information content (AvgIpc) is 3.01. The van der Waals surface area contributed by atoms with Gasteiger partial charge in [-0.15, -0.1) is 0 Å². The van der Waals surface area contributed by atoms with Gasteiger partial charge in [-0.05, 0) is 71.0 Å². The Kier molecular flexibility index (Phi) is 13.6. The van der Waals surface area contributed by atoms with Crippen LogP contribution in [-0.2, 0) is 23.7 Å². The van der Waals surface area contributed by atoms with Gasteiger partial charge >= 0.3 is 17.9 Å². The molecular formula is C36H44O9. The SMILES string of the molecule is COC(=O)c1ccc(-c2ccc(OC(=O)c3ccc(OCCOCCOCCOC(=O)C(C(C)C)C(C)(C)C)cc3)cc2)cc1. The van der Waals surface area contributed by atoms with Crippen LogP contribution in [-0.4, -0.2) is 64.7 Å². The first kappa shape index (κ1) is 35.3. The quantitative estimate of drug-likeness (QED) is 0.0990. The standard InChI is InChI=1S/C36H44O9/c1-25(2)32(36(3,4)5)35(39)44-24-22-42-20-19-41-21-23-43-30-15-13-29(14-16-30)34(38)45-31-17-11-27(12-18-31)26-7-9-28(10-8-26)33(37)40-6/h7-18,25,32H,19-24H2,1-6H3. The van der Waals surface area contributed by atoms with Crippen molar-refractivity contribution in [2.24, 2.45) is 17.3 Å². The average molecular weight is 621 g/mol. The van der Waals surface area contributed by atoms with Crippen molar-refractivity contribution in [2.75, 3.05) is 46.8 Å². The summed E-state index contributed by atoms with van der Waals surface area (Å²) in [6, 6.07) is 20.9. The third-order valence-electron chi connectivity index (χ3n) is 6.99. The Morgan fingerprint density at radius 3 is 1.62 bits per heavy atom. The van der Waals surface area contributed by atoms with E-state index in [2.05, 4.69) is 0 Å². The lowest BCUT2D eigenvalue weighted by atomic mass is 9.74. The van der Waals surface area contributed by atoms with Crippen molar-refractivity contribution in [3.05, 3.63) is 83.9 Å². The van der Waals surface area contributed by atoms with Crippen LogP contribution in [0, 0.1) is 17.3 Å². The van der Waals surface area contributed by atoms with Gasteiger partial charge in [-0.2, -0.15) is 0 Å². The van der Waals surface area contributed by atoms with Crippen LogP contribution in [0.15, 0.2) is 72.8 Å². The van der Waals surface area contributed by atoms with E-state index in [1.165, 1.54) is 7.11 Å². The number of carbonyl (C=O) groups excluding carboxylic acids is 3. The molecule has 0 radical (unpaired) electrons. The molecule has 3 rings (SSSR count). The second-order valence-corrected chi connectivity index (χ2v) is 11.8. The molecule has 0 fully saturated rings. The smallest absolute Gasteiger partial charge is 0.343 e. The lowest BCUT2D eigenvalue weighted by Crippen LogP contribution is -2.34. The first-order valence-electron chi connectivity index (χ1n) is 15.1. The van der Waals surface area contributed by atoms with Gasteiger partial charge in [-0.25, -0.2) is 9.59 Å². The molecular weight excluding hydrogens is 576 g/mol. The highest BCUT2D eigenvalue weighted by Gasteiger charge is 2.35. The molecule has 0 aromatic heterocycles. The molecule has 242 valence electrons. The van der Waals surface area contributed by atoms with Crippen molar-refractivity contribution < 1.29 is 42.8 Å². The van der Waals surface area contributed by atoms with E-state index in [9.17, 15) is 14.4 Å². The summed E-state index contributed by atoms with van der Waals surface area (Å²) in [6.07, 6.45) is 0. The van der Waals surface area contributed by atoms with Crippen LogP contribution < -0.4 is 9.47 Å². The van der Waals surface area contributed by atoms with Crippen LogP contribution in [0.4, 0.5) is 0 Å². The van der Waals surface area contributed by atoms with Gasteiger partial charge in [0.15, 0.2) is 0 Å². The van der Waals surface area contributed by atoms with Gasteiger partial charge in [0, 0.05) is 0 Å². The topological polar surface area (TPSA) is 107 Å². The molecule has 3 aromatic carbocycles. The molecule has 9 nitrogen and oxygen atoms in total. The van der Waals surface area contributed by atoms with E-state index in [0.717, 1.165) is 11.1 Å². The molecule has 45 heavy (non-hydrogen) atoms. The largest absolute Gasteiger partial charge is 0.491 e. The van der Waals surface area contributed by atoms with Gasteiger partial charge in [0.2, 0.25) is 0 Å². The Hall–Kier alpha value is -4.21. The van der Waals surface area contributed by atoms with Crippen LogP contribution in [0.5, 0.6) is 11.5 Å². The molecule has 0 saturated carbocycles. The molecule has 9 heteroatoms. The van der Waals surface area contributed by atoms with Gasteiger partial charge < -0.3 is 28.4 Å². The summed E-state index contributed by atoms with van der Waals surface area (Å²) in [7, 11) is 1.34. The van der Waals surface area contributed by atoms with Crippen LogP contribution in [0.25, 0.3) is 11.1 Å². The molecule has 0 aliphatic carbocycles. The van der Waals surface area contributed by atoms with E-state index in [1.54, 1.807) is 48.5 Å². The predicted octanol–water partition coefficient (Wildman–Crippen LogP) is 6.63. The molecule has 0 aliphatic heterocycles. The third kappa shape index (κ3) is 11.3. The Labute approximate surface area is 265 Å². The minimum absolute atomic E-state index is 0.157. The summed E-state index contributed by atoms with van der Waals surface area (Å²) < 4.78 is 32.3. The summed E-state index contributed by atoms with van der Waals surface area (Å²) >= 11 is 0. The van der Waals surface area contributed by atoms with Crippen LogP contribution in [0.3, 0.4) is 0 Å². The minimum Gasteiger partial charge on any atom is -0.491 e. The fraction of sp³-hybridized carbons (Fsp3) is 0.417. The van der Waals surface area contributed by atoms with Crippen molar-refractivity contribution >= 4 is 17.9 Å². The molecule has 0 saturated heterocycles. The summed E-state index contributed by atoms with van der Waals surface area (Å²) in [4.78, 5) is 36.6. The lowest BCUT2D eigenvalue weighted by molar-refractivity contribution is -0.156. The van der Waals surface area contributed by atoms with Gasteiger partial charge in [0.25, 0.3) is 0 Å². The first-order chi connectivity index (χ1) is 21.5. The number of hydrogen-bond acceptors (Lipinski definition) is 9. The molecule has 0 amide bonds. The number of ether oxygens (including phenoxy) is 6. The molecule has 0 bridgehead atoms. The molecule has 1 atom stereocenters. The van der Waals surface area contributed by atoms with Gasteiger partial charge in [0.05, 0.1) is 50.6 Å². The lowest BCUT2D eigenvalue weighted by Gasteiger charge is -2.31. The van der Waals surface area contributed by atoms with E-state index in [-0.39, 0.29) is 35.8 Å². The summed E-state index contributed by atoms with van der Waals surface area (Å²) in [5, 5.41) is 0. The number of esters is 3. The monoisotopic (exact) mass is 620 g/mol. The Balaban J connectivity index is 1.30. The Morgan fingerprint density at radius 2 is 1.09 bits per heavy atom. The van der Waals surface area contributed by atoms with Crippen molar-refractivity contribution in [3.63, 3.8) is 0 Å². The highest BCUT2D eigenvalue weighted by Crippen LogP contribution is 2.33. The molecule has 0 spiro atoms. The van der Waals surface area contributed by atoms with Crippen LogP contribution >= 0.6 is 0 Å². The zero-order valence-corrected chi connectivity index (χ0v) is 27.0. The molecule has 1 unspecified atom stereocenters. The van der Waals surface area contributed by atoms with Crippen LogP contribution in [0.2, 0.25) is 0 Å². The van der Waals surface area contributed by atoms with Crippen molar-refractivity contribution in [2.45, 2.75) is 34.6 Å². The normalized spacial score (nSPS) is 12.0. The van der Waals surface area contributed by atoms with Gasteiger partial charge in [0.1, 0.15) is 24.7 Å². The third-order valence-corrected chi connectivity index (χ3v) is 6.99. The first-order valence-corrected chi connectivity index (χ1v) is 15.1. The van der Waals surface area contributed by atoms with Crippen molar-refractivity contribution in [1.29, 1.82) is 0 Å².